The number of ether oxygens (including phenoxy) is 2. The summed E-state index contributed by atoms with van der Waals surface area (Å²) in [5.74, 6) is 1.49. The van der Waals surface area contributed by atoms with E-state index in [2.05, 4.69) is 13.0 Å². The molecule has 0 aliphatic heterocycles. The number of benzene rings is 1. The van der Waals surface area contributed by atoms with Crippen LogP contribution < -0.4 is 9.47 Å². The summed E-state index contributed by atoms with van der Waals surface area (Å²) in [7, 11) is 1.66. The van der Waals surface area contributed by atoms with E-state index in [1.165, 1.54) is 12.8 Å². The first-order valence-electron chi connectivity index (χ1n) is 7.52. The third kappa shape index (κ3) is 3.45. The van der Waals surface area contributed by atoms with E-state index in [0.717, 1.165) is 42.7 Å². The standard InChI is InChI=1S/C17H23NO2/c1-3-6-14(12-18)13-9-10-16(19-2)17(11-13)20-15-7-4-5-8-15/h9-11,14-15H,3-8H2,1-2H3. The highest BCUT2D eigenvalue weighted by atomic mass is 16.5. The maximum absolute atomic E-state index is 9.29. The van der Waals surface area contributed by atoms with Crippen molar-refractivity contribution in [3.05, 3.63) is 23.8 Å². The van der Waals surface area contributed by atoms with Crippen LogP contribution in [-0.4, -0.2) is 13.2 Å². The molecule has 0 amide bonds. The van der Waals surface area contributed by atoms with Crippen molar-refractivity contribution in [2.75, 3.05) is 7.11 Å². The van der Waals surface area contributed by atoms with Gasteiger partial charge in [0.1, 0.15) is 0 Å². The van der Waals surface area contributed by atoms with Crippen LogP contribution in [0, 0.1) is 11.3 Å². The van der Waals surface area contributed by atoms with Gasteiger partial charge in [0.2, 0.25) is 0 Å². The van der Waals surface area contributed by atoms with Crippen molar-refractivity contribution < 1.29 is 9.47 Å². The molecule has 0 bridgehead atoms. The van der Waals surface area contributed by atoms with E-state index >= 15 is 0 Å². The average Bonchev–Trinajstić information content (AvgIpc) is 2.97. The second kappa shape index (κ2) is 7.19. The molecule has 3 nitrogen and oxygen atoms in total. The fourth-order valence-corrected chi connectivity index (χ4v) is 2.78. The summed E-state index contributed by atoms with van der Waals surface area (Å²) in [4.78, 5) is 0. The molecular weight excluding hydrogens is 250 g/mol. The summed E-state index contributed by atoms with van der Waals surface area (Å²) >= 11 is 0. The van der Waals surface area contributed by atoms with Gasteiger partial charge in [0.25, 0.3) is 0 Å². The van der Waals surface area contributed by atoms with Gasteiger partial charge in [0.05, 0.1) is 25.2 Å². The van der Waals surface area contributed by atoms with Crippen LogP contribution in [0.3, 0.4) is 0 Å². The monoisotopic (exact) mass is 273 g/mol. The number of hydrogen-bond donors (Lipinski definition) is 0. The minimum atomic E-state index is -0.0585. The Hall–Kier alpha value is -1.69. The number of nitriles is 1. The van der Waals surface area contributed by atoms with Gasteiger partial charge in [-0.1, -0.05) is 19.4 Å². The van der Waals surface area contributed by atoms with E-state index in [1.807, 2.05) is 18.2 Å². The lowest BCUT2D eigenvalue weighted by Crippen LogP contribution is -2.12. The molecule has 1 aliphatic rings. The number of hydrogen-bond acceptors (Lipinski definition) is 3. The highest BCUT2D eigenvalue weighted by molar-refractivity contribution is 5.45. The van der Waals surface area contributed by atoms with Crippen molar-refractivity contribution in [2.24, 2.45) is 0 Å². The molecule has 1 unspecified atom stereocenters. The fourth-order valence-electron chi connectivity index (χ4n) is 2.78. The Kier molecular flexibility index (Phi) is 5.29. The Labute approximate surface area is 121 Å². The van der Waals surface area contributed by atoms with Crippen LogP contribution >= 0.6 is 0 Å². The molecule has 108 valence electrons. The molecule has 1 aromatic carbocycles. The first-order chi connectivity index (χ1) is 9.78. The lowest BCUT2D eigenvalue weighted by molar-refractivity contribution is 0.200. The van der Waals surface area contributed by atoms with Crippen molar-refractivity contribution in [1.29, 1.82) is 5.26 Å². The second-order valence-electron chi connectivity index (χ2n) is 5.40. The summed E-state index contributed by atoms with van der Waals surface area (Å²) in [6.45, 7) is 2.10. The zero-order valence-corrected chi connectivity index (χ0v) is 12.4. The number of rotatable bonds is 6. The van der Waals surface area contributed by atoms with Crippen LogP contribution in [0.15, 0.2) is 18.2 Å². The molecular formula is C17H23NO2. The molecule has 1 aromatic rings. The molecule has 3 heteroatoms. The van der Waals surface area contributed by atoms with E-state index in [-0.39, 0.29) is 5.92 Å². The van der Waals surface area contributed by atoms with Crippen LogP contribution in [0.5, 0.6) is 11.5 Å². The zero-order chi connectivity index (χ0) is 14.4. The third-order valence-corrected chi connectivity index (χ3v) is 3.92. The van der Waals surface area contributed by atoms with Gasteiger partial charge < -0.3 is 9.47 Å². The Morgan fingerprint density at radius 2 is 2.05 bits per heavy atom. The van der Waals surface area contributed by atoms with Gasteiger partial charge in [0, 0.05) is 0 Å². The molecule has 0 N–H and O–H groups in total. The van der Waals surface area contributed by atoms with Crippen molar-refractivity contribution in [3.63, 3.8) is 0 Å². The first kappa shape index (κ1) is 14.7. The van der Waals surface area contributed by atoms with Gasteiger partial charge in [-0.3, -0.25) is 0 Å². The highest BCUT2D eigenvalue weighted by Gasteiger charge is 2.20. The van der Waals surface area contributed by atoms with E-state index in [9.17, 15) is 5.26 Å². The maximum Gasteiger partial charge on any atom is 0.161 e. The largest absolute Gasteiger partial charge is 0.493 e. The zero-order valence-electron chi connectivity index (χ0n) is 12.4. The van der Waals surface area contributed by atoms with Gasteiger partial charge in [0.15, 0.2) is 11.5 Å². The molecule has 20 heavy (non-hydrogen) atoms. The number of nitrogens with zero attached hydrogens (tertiary/aromatic N) is 1. The fraction of sp³-hybridized carbons (Fsp3) is 0.588. The molecule has 0 heterocycles. The lowest BCUT2D eigenvalue weighted by Gasteiger charge is -2.18. The maximum atomic E-state index is 9.29. The van der Waals surface area contributed by atoms with E-state index in [1.54, 1.807) is 7.11 Å². The number of methoxy groups -OCH3 is 1. The van der Waals surface area contributed by atoms with E-state index in [4.69, 9.17) is 9.47 Å². The quantitative estimate of drug-likeness (QED) is 0.770. The molecule has 1 aliphatic carbocycles. The van der Waals surface area contributed by atoms with E-state index < -0.39 is 0 Å². The minimum absolute atomic E-state index is 0.0585. The SMILES string of the molecule is CCCC(C#N)c1ccc(OC)c(OC2CCCC2)c1. The van der Waals surface area contributed by atoms with E-state index in [0.29, 0.717) is 6.10 Å². The Morgan fingerprint density at radius 1 is 1.30 bits per heavy atom. The molecule has 0 radical (unpaired) electrons. The van der Waals surface area contributed by atoms with Crippen LogP contribution in [0.25, 0.3) is 0 Å². The molecule has 0 spiro atoms. The van der Waals surface area contributed by atoms with Crippen LogP contribution in [0.4, 0.5) is 0 Å². The van der Waals surface area contributed by atoms with Crippen molar-refractivity contribution in [2.45, 2.75) is 57.5 Å². The lowest BCUT2D eigenvalue weighted by atomic mass is 9.95. The Morgan fingerprint density at radius 3 is 2.65 bits per heavy atom. The van der Waals surface area contributed by atoms with Gasteiger partial charge in [-0.2, -0.15) is 5.26 Å². The summed E-state index contributed by atoms with van der Waals surface area (Å²) in [6.07, 6.45) is 6.89. The van der Waals surface area contributed by atoms with Crippen LogP contribution in [-0.2, 0) is 0 Å². The molecule has 1 atom stereocenters. The highest BCUT2D eigenvalue weighted by Crippen LogP contribution is 2.35. The summed E-state index contributed by atoms with van der Waals surface area (Å²) in [5, 5.41) is 9.29. The summed E-state index contributed by atoms with van der Waals surface area (Å²) in [5.41, 5.74) is 1.03. The Balaban J connectivity index is 2.21. The minimum Gasteiger partial charge on any atom is -0.493 e. The predicted octanol–water partition coefficient (Wildman–Crippen LogP) is 4.42. The second-order valence-corrected chi connectivity index (χ2v) is 5.40. The van der Waals surface area contributed by atoms with Crippen molar-refractivity contribution in [1.82, 2.24) is 0 Å². The van der Waals surface area contributed by atoms with Crippen molar-refractivity contribution >= 4 is 0 Å². The smallest absolute Gasteiger partial charge is 0.161 e. The molecule has 1 saturated carbocycles. The molecule has 0 aromatic heterocycles. The molecule has 2 rings (SSSR count). The van der Waals surface area contributed by atoms with Crippen LogP contribution in [0.2, 0.25) is 0 Å². The van der Waals surface area contributed by atoms with Crippen molar-refractivity contribution in [3.8, 4) is 17.6 Å². The topological polar surface area (TPSA) is 42.2 Å². The van der Waals surface area contributed by atoms with Gasteiger partial charge >= 0.3 is 0 Å². The average molecular weight is 273 g/mol. The third-order valence-electron chi connectivity index (χ3n) is 3.92. The molecule has 0 saturated heterocycles. The first-order valence-corrected chi connectivity index (χ1v) is 7.52. The van der Waals surface area contributed by atoms with Gasteiger partial charge in [-0.05, 0) is 49.8 Å². The Bertz CT molecular complexity index is 472. The molecule has 1 fully saturated rings. The van der Waals surface area contributed by atoms with Gasteiger partial charge in [-0.25, -0.2) is 0 Å². The van der Waals surface area contributed by atoms with Crippen LogP contribution in [0.1, 0.15) is 56.9 Å². The van der Waals surface area contributed by atoms with Gasteiger partial charge in [-0.15, -0.1) is 0 Å². The summed E-state index contributed by atoms with van der Waals surface area (Å²) < 4.78 is 11.5. The normalized spacial score (nSPS) is 16.6. The predicted molar refractivity (Wildman–Crippen MR) is 79.1 cm³/mol. The summed E-state index contributed by atoms with van der Waals surface area (Å²) in [6, 6.07) is 8.26.